The van der Waals surface area contributed by atoms with Crippen molar-refractivity contribution in [2.24, 2.45) is 0 Å². The molecule has 0 bridgehead atoms. The van der Waals surface area contributed by atoms with Gasteiger partial charge in [-0.25, -0.2) is 9.07 Å². The number of halogens is 1. The summed E-state index contributed by atoms with van der Waals surface area (Å²) in [5, 5.41) is 14.1. The lowest BCUT2D eigenvalue weighted by atomic mass is 10.1. The van der Waals surface area contributed by atoms with Crippen LogP contribution in [0.4, 0.5) is 4.39 Å². The molecule has 0 saturated carbocycles. The first kappa shape index (κ1) is 11.5. The van der Waals surface area contributed by atoms with Crippen LogP contribution in [0.25, 0.3) is 16.9 Å². The quantitative estimate of drug-likeness (QED) is 0.761. The molecule has 0 atom stereocenters. The highest BCUT2D eigenvalue weighted by Gasteiger charge is 2.07. The Morgan fingerprint density at radius 1 is 1.00 bits per heavy atom. The number of para-hydroxylation sites is 2. The lowest BCUT2D eigenvalue weighted by Crippen LogP contribution is -1.95. The predicted octanol–water partition coefficient (Wildman–Crippen LogP) is 3.38. The summed E-state index contributed by atoms with van der Waals surface area (Å²) in [5.41, 5.74) is 1.95. The third kappa shape index (κ3) is 2.20. The molecule has 0 radical (unpaired) electrons. The van der Waals surface area contributed by atoms with E-state index < -0.39 is 0 Å². The van der Waals surface area contributed by atoms with Gasteiger partial charge in [-0.15, -0.1) is 0 Å². The average Bonchev–Trinajstić information content (AvgIpc) is 2.89. The second-order valence-corrected chi connectivity index (χ2v) is 4.14. The van der Waals surface area contributed by atoms with E-state index in [-0.39, 0.29) is 11.6 Å². The second kappa shape index (κ2) is 4.57. The van der Waals surface area contributed by atoms with E-state index in [4.69, 9.17) is 0 Å². The Morgan fingerprint density at radius 2 is 1.84 bits per heavy atom. The molecule has 3 aromatic rings. The van der Waals surface area contributed by atoms with Crippen molar-refractivity contribution < 1.29 is 9.50 Å². The van der Waals surface area contributed by atoms with Crippen LogP contribution in [0.1, 0.15) is 0 Å². The molecule has 1 heterocycles. The number of hydrogen-bond acceptors (Lipinski definition) is 2. The number of aromatic hydroxyl groups is 1. The molecule has 0 aliphatic carbocycles. The zero-order valence-electron chi connectivity index (χ0n) is 9.99. The van der Waals surface area contributed by atoms with E-state index >= 15 is 0 Å². The van der Waals surface area contributed by atoms with E-state index in [9.17, 15) is 9.50 Å². The highest BCUT2D eigenvalue weighted by Crippen LogP contribution is 2.23. The zero-order chi connectivity index (χ0) is 13.2. The molecule has 3 nitrogen and oxygen atoms in total. The smallest absolute Gasteiger partial charge is 0.141 e. The van der Waals surface area contributed by atoms with Crippen LogP contribution < -0.4 is 0 Å². The number of benzene rings is 2. The summed E-state index contributed by atoms with van der Waals surface area (Å²) in [6.07, 6.45) is 1.73. The SMILES string of the molecule is Oc1ccccc1-n1ccc(-c2cccc(F)c2)n1. The number of nitrogens with zero attached hydrogens (tertiary/aromatic N) is 2. The lowest BCUT2D eigenvalue weighted by Gasteiger charge is -2.03. The van der Waals surface area contributed by atoms with E-state index in [1.54, 1.807) is 47.3 Å². The molecule has 1 aromatic heterocycles. The molecule has 3 rings (SSSR count). The van der Waals surface area contributed by atoms with E-state index in [1.165, 1.54) is 12.1 Å². The number of hydrogen-bond donors (Lipinski definition) is 1. The van der Waals surface area contributed by atoms with Crippen LogP contribution in [0.2, 0.25) is 0 Å². The molecule has 2 aromatic carbocycles. The van der Waals surface area contributed by atoms with E-state index in [0.29, 0.717) is 16.9 Å². The fourth-order valence-corrected chi connectivity index (χ4v) is 1.92. The summed E-state index contributed by atoms with van der Waals surface area (Å²) in [5.74, 6) is -0.147. The van der Waals surface area contributed by atoms with E-state index in [1.807, 2.05) is 6.07 Å². The van der Waals surface area contributed by atoms with Crippen molar-refractivity contribution in [1.82, 2.24) is 9.78 Å². The van der Waals surface area contributed by atoms with Gasteiger partial charge in [0.1, 0.15) is 17.3 Å². The molecule has 0 spiro atoms. The standard InChI is InChI=1S/C15H11FN2O/c16-12-5-3-4-11(10-12)13-8-9-18(17-13)14-6-1-2-7-15(14)19/h1-10,19H. The maximum atomic E-state index is 13.2. The van der Waals surface area contributed by atoms with Crippen molar-refractivity contribution in [2.75, 3.05) is 0 Å². The topological polar surface area (TPSA) is 38.0 Å². The van der Waals surface area contributed by atoms with Crippen molar-refractivity contribution in [3.05, 3.63) is 66.6 Å². The van der Waals surface area contributed by atoms with Crippen molar-refractivity contribution in [3.8, 4) is 22.7 Å². The van der Waals surface area contributed by atoms with Gasteiger partial charge in [-0.2, -0.15) is 5.10 Å². The van der Waals surface area contributed by atoms with E-state index in [0.717, 1.165) is 0 Å². The zero-order valence-corrected chi connectivity index (χ0v) is 9.99. The van der Waals surface area contributed by atoms with Gasteiger partial charge in [0.15, 0.2) is 0 Å². The Bertz CT molecular complexity index is 721. The molecule has 94 valence electrons. The van der Waals surface area contributed by atoms with E-state index in [2.05, 4.69) is 5.10 Å². The summed E-state index contributed by atoms with van der Waals surface area (Å²) >= 11 is 0. The minimum Gasteiger partial charge on any atom is -0.506 e. The number of rotatable bonds is 2. The monoisotopic (exact) mass is 254 g/mol. The Hall–Kier alpha value is -2.62. The molecular weight excluding hydrogens is 243 g/mol. The summed E-state index contributed by atoms with van der Waals surface area (Å²) < 4.78 is 14.7. The van der Waals surface area contributed by atoms with Crippen molar-refractivity contribution in [1.29, 1.82) is 0 Å². The Morgan fingerprint density at radius 3 is 2.63 bits per heavy atom. The first-order valence-electron chi connectivity index (χ1n) is 5.84. The molecule has 4 heteroatoms. The van der Waals surface area contributed by atoms with Gasteiger partial charge in [0, 0.05) is 11.8 Å². The molecule has 0 aliphatic rings. The van der Waals surface area contributed by atoms with Gasteiger partial charge in [-0.3, -0.25) is 0 Å². The fraction of sp³-hybridized carbons (Fsp3) is 0. The average molecular weight is 254 g/mol. The maximum absolute atomic E-state index is 13.2. The predicted molar refractivity (Wildman–Crippen MR) is 70.6 cm³/mol. The highest BCUT2D eigenvalue weighted by molar-refractivity contribution is 5.59. The van der Waals surface area contributed by atoms with Gasteiger partial charge < -0.3 is 5.11 Å². The summed E-state index contributed by atoms with van der Waals surface area (Å²) in [6, 6.07) is 15.0. The normalized spacial score (nSPS) is 10.6. The van der Waals surface area contributed by atoms with Crippen LogP contribution in [0.15, 0.2) is 60.8 Å². The van der Waals surface area contributed by atoms with Gasteiger partial charge >= 0.3 is 0 Å². The van der Waals surface area contributed by atoms with Gasteiger partial charge in [-0.05, 0) is 30.3 Å². The second-order valence-electron chi connectivity index (χ2n) is 4.14. The molecule has 0 saturated heterocycles. The maximum Gasteiger partial charge on any atom is 0.141 e. The first-order chi connectivity index (χ1) is 9.24. The molecule has 0 aliphatic heterocycles. The molecule has 19 heavy (non-hydrogen) atoms. The third-order valence-corrected chi connectivity index (χ3v) is 2.84. The largest absolute Gasteiger partial charge is 0.506 e. The summed E-state index contributed by atoms with van der Waals surface area (Å²) in [4.78, 5) is 0. The van der Waals surface area contributed by atoms with Gasteiger partial charge in [0.05, 0.1) is 5.69 Å². The molecule has 1 N–H and O–H groups in total. The molecular formula is C15H11FN2O. The molecule has 0 unspecified atom stereocenters. The Labute approximate surface area is 109 Å². The van der Waals surface area contributed by atoms with Gasteiger partial charge in [0.2, 0.25) is 0 Å². The van der Waals surface area contributed by atoms with Crippen LogP contribution in [0.3, 0.4) is 0 Å². The van der Waals surface area contributed by atoms with Crippen molar-refractivity contribution in [3.63, 3.8) is 0 Å². The van der Waals surface area contributed by atoms with Crippen LogP contribution in [0, 0.1) is 5.82 Å². The lowest BCUT2D eigenvalue weighted by molar-refractivity contribution is 0.470. The highest BCUT2D eigenvalue weighted by atomic mass is 19.1. The number of phenols is 1. The Balaban J connectivity index is 2.03. The van der Waals surface area contributed by atoms with Crippen molar-refractivity contribution in [2.45, 2.75) is 0 Å². The minimum atomic E-state index is -0.297. The molecule has 0 fully saturated rings. The van der Waals surface area contributed by atoms with Crippen LogP contribution >= 0.6 is 0 Å². The van der Waals surface area contributed by atoms with Gasteiger partial charge in [-0.1, -0.05) is 24.3 Å². The first-order valence-corrected chi connectivity index (χ1v) is 5.84. The Kier molecular flexibility index (Phi) is 2.76. The third-order valence-electron chi connectivity index (χ3n) is 2.84. The van der Waals surface area contributed by atoms with Crippen LogP contribution in [-0.2, 0) is 0 Å². The fourth-order valence-electron chi connectivity index (χ4n) is 1.92. The number of aromatic nitrogens is 2. The summed E-state index contributed by atoms with van der Waals surface area (Å²) in [7, 11) is 0. The minimum absolute atomic E-state index is 0.149. The number of phenolic OH excluding ortho intramolecular Hbond substituents is 1. The molecule has 0 amide bonds. The van der Waals surface area contributed by atoms with Crippen molar-refractivity contribution >= 4 is 0 Å². The summed E-state index contributed by atoms with van der Waals surface area (Å²) in [6.45, 7) is 0. The van der Waals surface area contributed by atoms with Gasteiger partial charge in [0.25, 0.3) is 0 Å². The van der Waals surface area contributed by atoms with Crippen LogP contribution in [0.5, 0.6) is 5.75 Å². The van der Waals surface area contributed by atoms with Crippen LogP contribution in [-0.4, -0.2) is 14.9 Å².